The van der Waals surface area contributed by atoms with Crippen LogP contribution in [0.25, 0.3) is 0 Å². The number of benzene rings is 1. The van der Waals surface area contributed by atoms with Crippen LogP contribution in [0.5, 0.6) is 0 Å². The van der Waals surface area contributed by atoms with Gasteiger partial charge in [0.05, 0.1) is 0 Å². The number of hydrogen-bond donors (Lipinski definition) is 2. The number of halogens is 2. The zero-order chi connectivity index (χ0) is 21.0. The Balaban J connectivity index is 1.50. The summed E-state index contributed by atoms with van der Waals surface area (Å²) in [6.07, 6.45) is 2.82. The normalized spacial score (nSPS) is 23.5. The van der Waals surface area contributed by atoms with E-state index in [1.54, 1.807) is 6.92 Å². The molecule has 2 aliphatic rings. The summed E-state index contributed by atoms with van der Waals surface area (Å²) in [5, 5.41) is 14.1. The average molecular weight is 409 g/mol. The van der Waals surface area contributed by atoms with Crippen molar-refractivity contribution in [1.29, 1.82) is 0 Å². The Morgan fingerprint density at radius 1 is 1.24 bits per heavy atom. The maximum Gasteiger partial charge on any atom is 0.256 e. The lowest BCUT2D eigenvalue weighted by atomic mass is 9.90. The minimum Gasteiger partial charge on any atom is -0.379 e. The first-order chi connectivity index (χ1) is 13.8. The van der Waals surface area contributed by atoms with Crippen molar-refractivity contribution in [2.75, 3.05) is 32.7 Å². The second kappa shape index (κ2) is 9.17. The number of carbonyl (C=O) groups is 2. The van der Waals surface area contributed by atoms with Crippen LogP contribution in [-0.4, -0.2) is 65.0 Å². The van der Waals surface area contributed by atoms with E-state index in [4.69, 9.17) is 0 Å². The molecule has 160 valence electrons. The maximum absolute atomic E-state index is 13.4. The van der Waals surface area contributed by atoms with Crippen LogP contribution >= 0.6 is 0 Å². The van der Waals surface area contributed by atoms with Gasteiger partial charge in [0.1, 0.15) is 0 Å². The van der Waals surface area contributed by atoms with Crippen molar-refractivity contribution in [3.63, 3.8) is 0 Å². The smallest absolute Gasteiger partial charge is 0.256 e. The molecule has 0 aliphatic carbocycles. The van der Waals surface area contributed by atoms with Gasteiger partial charge in [0.2, 0.25) is 5.91 Å². The fourth-order valence-electron chi connectivity index (χ4n) is 4.17. The van der Waals surface area contributed by atoms with Crippen molar-refractivity contribution in [3.8, 4) is 0 Å². The summed E-state index contributed by atoms with van der Waals surface area (Å²) in [5.41, 5.74) is -0.997. The highest BCUT2D eigenvalue weighted by molar-refractivity contribution is 5.86. The van der Waals surface area contributed by atoms with Crippen molar-refractivity contribution in [2.45, 2.75) is 44.8 Å². The van der Waals surface area contributed by atoms with Gasteiger partial charge in [-0.1, -0.05) is 6.07 Å². The van der Waals surface area contributed by atoms with Gasteiger partial charge in [-0.25, -0.2) is 8.78 Å². The van der Waals surface area contributed by atoms with Gasteiger partial charge in [-0.2, -0.15) is 0 Å². The highest BCUT2D eigenvalue weighted by Gasteiger charge is 2.42. The van der Waals surface area contributed by atoms with Gasteiger partial charge in [0.15, 0.2) is 17.2 Å². The van der Waals surface area contributed by atoms with Crippen LogP contribution in [0.4, 0.5) is 8.78 Å². The van der Waals surface area contributed by atoms with Crippen molar-refractivity contribution in [3.05, 3.63) is 35.4 Å². The molecule has 2 heterocycles. The zero-order valence-electron chi connectivity index (χ0n) is 16.8. The maximum atomic E-state index is 13.4. The monoisotopic (exact) mass is 409 g/mol. The van der Waals surface area contributed by atoms with E-state index < -0.39 is 17.2 Å². The lowest BCUT2D eigenvalue weighted by Crippen LogP contribution is -2.58. The van der Waals surface area contributed by atoms with E-state index in [1.807, 2.05) is 4.90 Å². The molecule has 2 amide bonds. The molecule has 2 fully saturated rings. The Labute approximate surface area is 169 Å². The number of rotatable bonds is 6. The summed E-state index contributed by atoms with van der Waals surface area (Å²) in [4.78, 5) is 27.6. The zero-order valence-corrected chi connectivity index (χ0v) is 16.8. The number of hydrogen-bond acceptors (Lipinski definition) is 4. The van der Waals surface area contributed by atoms with Crippen molar-refractivity contribution in [2.24, 2.45) is 5.92 Å². The molecule has 1 aromatic carbocycles. The second-order valence-electron chi connectivity index (χ2n) is 8.19. The minimum atomic E-state index is -1.49. The van der Waals surface area contributed by atoms with E-state index >= 15 is 0 Å². The number of piperidine rings is 2. The van der Waals surface area contributed by atoms with Crippen LogP contribution in [0, 0.1) is 17.6 Å². The van der Waals surface area contributed by atoms with Gasteiger partial charge < -0.3 is 20.2 Å². The lowest BCUT2D eigenvalue weighted by Gasteiger charge is -2.39. The van der Waals surface area contributed by atoms with Gasteiger partial charge in [-0.05, 0) is 55.8 Å². The number of nitrogens with one attached hydrogen (secondary N) is 1. The number of likely N-dealkylation sites (tertiary alicyclic amines) is 2. The van der Waals surface area contributed by atoms with Gasteiger partial charge >= 0.3 is 0 Å². The molecule has 29 heavy (non-hydrogen) atoms. The molecular formula is C21H29F2N3O3. The van der Waals surface area contributed by atoms with E-state index in [9.17, 15) is 23.5 Å². The molecule has 0 spiro atoms. The predicted octanol–water partition coefficient (Wildman–Crippen LogP) is 1.67. The Hall–Kier alpha value is -2.06. The fraction of sp³-hybridized carbons (Fsp3) is 0.619. The third-order valence-corrected chi connectivity index (χ3v) is 5.97. The van der Waals surface area contributed by atoms with Crippen LogP contribution in [0.1, 0.15) is 38.2 Å². The summed E-state index contributed by atoms with van der Waals surface area (Å²) in [5.74, 6) is -1.74. The summed E-state index contributed by atoms with van der Waals surface area (Å²) in [6.45, 7) is 4.53. The highest BCUT2D eigenvalue weighted by atomic mass is 19.2. The Kier molecular flexibility index (Phi) is 6.85. The standard InChI is InChI=1S/C21H29F2N3O3/c1-15(27)25-9-5-16(6-10-25)12-24-14-21(29)7-2-8-26(20(21)28)13-17-3-4-18(22)19(23)11-17/h3-4,11,16,24,29H,2,5-10,12-14H2,1H3/t21-/m1/s1. The van der Waals surface area contributed by atoms with Gasteiger partial charge in [-0.3, -0.25) is 9.59 Å². The van der Waals surface area contributed by atoms with E-state index in [1.165, 1.54) is 11.0 Å². The first-order valence-corrected chi connectivity index (χ1v) is 10.2. The minimum absolute atomic E-state index is 0.0969. The molecule has 2 N–H and O–H groups in total. The number of nitrogens with zero attached hydrogens (tertiary/aromatic N) is 2. The molecule has 0 radical (unpaired) electrons. The summed E-state index contributed by atoms with van der Waals surface area (Å²) >= 11 is 0. The van der Waals surface area contributed by atoms with Gasteiger partial charge in [0, 0.05) is 39.6 Å². The fourth-order valence-corrected chi connectivity index (χ4v) is 4.17. The molecule has 2 aliphatic heterocycles. The summed E-state index contributed by atoms with van der Waals surface area (Å²) in [6, 6.07) is 3.58. The van der Waals surface area contributed by atoms with E-state index in [-0.39, 0.29) is 24.9 Å². The van der Waals surface area contributed by atoms with Crippen LogP contribution in [0.2, 0.25) is 0 Å². The van der Waals surface area contributed by atoms with Gasteiger partial charge in [0.25, 0.3) is 5.91 Å². The van der Waals surface area contributed by atoms with Crippen molar-refractivity contribution >= 4 is 11.8 Å². The van der Waals surface area contributed by atoms with Crippen LogP contribution < -0.4 is 5.32 Å². The number of aliphatic hydroxyl groups is 1. The third kappa shape index (κ3) is 5.30. The molecule has 1 aromatic rings. The average Bonchev–Trinajstić information content (AvgIpc) is 2.69. The molecule has 0 aromatic heterocycles. The van der Waals surface area contributed by atoms with Crippen LogP contribution in [0.15, 0.2) is 18.2 Å². The van der Waals surface area contributed by atoms with E-state index in [2.05, 4.69) is 5.32 Å². The predicted molar refractivity (Wildman–Crippen MR) is 104 cm³/mol. The SMILES string of the molecule is CC(=O)N1CCC(CNC[C@]2(O)CCCN(Cc3ccc(F)c(F)c3)C2=O)CC1. The van der Waals surface area contributed by atoms with E-state index in [0.29, 0.717) is 37.4 Å². The topological polar surface area (TPSA) is 72.9 Å². The Morgan fingerprint density at radius 2 is 1.97 bits per heavy atom. The molecule has 0 unspecified atom stereocenters. The highest BCUT2D eigenvalue weighted by Crippen LogP contribution is 2.25. The molecule has 0 bridgehead atoms. The summed E-state index contributed by atoms with van der Waals surface area (Å²) in [7, 11) is 0. The van der Waals surface area contributed by atoms with Crippen molar-refractivity contribution < 1.29 is 23.5 Å². The molecule has 1 atom stereocenters. The lowest BCUT2D eigenvalue weighted by molar-refractivity contribution is -0.157. The quantitative estimate of drug-likeness (QED) is 0.750. The first-order valence-electron chi connectivity index (χ1n) is 10.2. The third-order valence-electron chi connectivity index (χ3n) is 5.97. The van der Waals surface area contributed by atoms with E-state index in [0.717, 1.165) is 38.1 Å². The molecule has 6 nitrogen and oxygen atoms in total. The summed E-state index contributed by atoms with van der Waals surface area (Å²) < 4.78 is 26.5. The van der Waals surface area contributed by atoms with Crippen LogP contribution in [-0.2, 0) is 16.1 Å². The van der Waals surface area contributed by atoms with Gasteiger partial charge in [-0.15, -0.1) is 0 Å². The Morgan fingerprint density at radius 3 is 2.62 bits per heavy atom. The number of amides is 2. The molecule has 8 heteroatoms. The molecule has 2 saturated heterocycles. The first kappa shape index (κ1) is 21.6. The molecule has 3 rings (SSSR count). The van der Waals surface area contributed by atoms with Crippen LogP contribution in [0.3, 0.4) is 0 Å². The second-order valence-corrected chi connectivity index (χ2v) is 8.19. The Bertz CT molecular complexity index is 753. The largest absolute Gasteiger partial charge is 0.379 e. The molecular weight excluding hydrogens is 380 g/mol. The number of carbonyl (C=O) groups excluding carboxylic acids is 2. The van der Waals surface area contributed by atoms with Crippen molar-refractivity contribution in [1.82, 2.24) is 15.1 Å². The molecule has 0 saturated carbocycles.